The van der Waals surface area contributed by atoms with E-state index in [2.05, 4.69) is 4.98 Å². The molecule has 0 spiro atoms. The number of hydrogen-bond acceptors (Lipinski definition) is 4. The largest absolute Gasteiger partial charge is 0.398 e. The molecule has 0 aliphatic heterocycles. The lowest BCUT2D eigenvalue weighted by Gasteiger charge is -2.21. The Morgan fingerprint density at radius 3 is 2.90 bits per heavy atom. The van der Waals surface area contributed by atoms with E-state index in [9.17, 15) is 4.79 Å². The number of carbonyl (C=O) groups is 1. The number of nitrogens with zero attached hydrogens (tertiary/aromatic N) is 2. The molecule has 0 bridgehead atoms. The maximum Gasteiger partial charge on any atom is 0.264 e. The van der Waals surface area contributed by atoms with Crippen molar-refractivity contribution in [2.45, 2.75) is 32.4 Å². The fraction of sp³-hybridized carbons (Fsp3) is 0.333. The molecule has 20 heavy (non-hydrogen) atoms. The first-order chi connectivity index (χ1) is 9.65. The number of hydrogen-bond donors (Lipinski definition) is 1. The predicted octanol–water partition coefficient (Wildman–Crippen LogP) is 2.84. The second kappa shape index (κ2) is 5.25. The smallest absolute Gasteiger partial charge is 0.264 e. The van der Waals surface area contributed by atoms with Crippen molar-refractivity contribution in [2.75, 3.05) is 5.73 Å². The zero-order valence-electron chi connectivity index (χ0n) is 11.4. The number of thiophene rings is 1. The minimum Gasteiger partial charge on any atom is -0.398 e. The molecule has 2 aromatic rings. The summed E-state index contributed by atoms with van der Waals surface area (Å²) in [6.07, 6.45) is 5.74. The van der Waals surface area contributed by atoms with Crippen LogP contribution in [0.4, 0.5) is 5.69 Å². The predicted molar refractivity (Wildman–Crippen MR) is 80.6 cm³/mol. The van der Waals surface area contributed by atoms with Crippen molar-refractivity contribution < 1.29 is 4.79 Å². The van der Waals surface area contributed by atoms with Gasteiger partial charge in [-0.1, -0.05) is 6.07 Å². The third kappa shape index (κ3) is 2.67. The molecule has 0 aromatic carbocycles. The number of nitrogens with two attached hydrogens (primary N) is 1. The molecule has 1 saturated carbocycles. The highest BCUT2D eigenvalue weighted by Gasteiger charge is 2.33. The molecular weight excluding hydrogens is 270 g/mol. The summed E-state index contributed by atoms with van der Waals surface area (Å²) in [6, 6.07) is 6.06. The fourth-order valence-electron chi connectivity index (χ4n) is 2.18. The lowest BCUT2D eigenvalue weighted by molar-refractivity contribution is 0.0735. The number of anilines is 1. The molecule has 4 nitrogen and oxygen atoms in total. The number of amides is 1. The molecule has 3 rings (SSSR count). The number of aromatic nitrogens is 1. The summed E-state index contributed by atoms with van der Waals surface area (Å²) in [5.74, 6) is 0.0844. The number of rotatable bonds is 4. The van der Waals surface area contributed by atoms with Gasteiger partial charge in [-0.05, 0) is 37.5 Å². The van der Waals surface area contributed by atoms with Gasteiger partial charge in [0.1, 0.15) is 0 Å². The molecule has 1 aliphatic rings. The molecule has 1 aliphatic carbocycles. The average Bonchev–Trinajstić information content (AvgIpc) is 3.23. The van der Waals surface area contributed by atoms with Crippen LogP contribution in [0.15, 0.2) is 30.6 Å². The Balaban J connectivity index is 1.82. The Kier molecular flexibility index (Phi) is 3.44. The van der Waals surface area contributed by atoms with Gasteiger partial charge in [-0.25, -0.2) is 0 Å². The van der Waals surface area contributed by atoms with Gasteiger partial charge in [0.05, 0.1) is 4.88 Å². The van der Waals surface area contributed by atoms with Crippen molar-refractivity contribution in [3.8, 4) is 0 Å². The molecule has 2 aromatic heterocycles. The van der Waals surface area contributed by atoms with E-state index in [-0.39, 0.29) is 5.91 Å². The summed E-state index contributed by atoms with van der Waals surface area (Å²) in [5.41, 5.74) is 7.62. The van der Waals surface area contributed by atoms with Crippen LogP contribution < -0.4 is 5.73 Å². The minimum absolute atomic E-state index is 0.0844. The molecule has 1 amide bonds. The fourth-order valence-corrected chi connectivity index (χ4v) is 3.08. The third-order valence-electron chi connectivity index (χ3n) is 3.49. The van der Waals surface area contributed by atoms with Gasteiger partial charge >= 0.3 is 0 Å². The number of pyridine rings is 1. The van der Waals surface area contributed by atoms with E-state index in [0.717, 1.165) is 28.2 Å². The molecule has 0 radical (unpaired) electrons. The van der Waals surface area contributed by atoms with E-state index in [0.29, 0.717) is 18.3 Å². The average molecular weight is 287 g/mol. The topological polar surface area (TPSA) is 59.2 Å². The second-order valence-electron chi connectivity index (χ2n) is 5.15. The van der Waals surface area contributed by atoms with Gasteiger partial charge in [0, 0.05) is 35.5 Å². The summed E-state index contributed by atoms with van der Waals surface area (Å²) in [6.45, 7) is 2.56. The minimum atomic E-state index is 0.0844. The van der Waals surface area contributed by atoms with Crippen LogP contribution in [0.1, 0.15) is 33.0 Å². The van der Waals surface area contributed by atoms with Crippen LogP contribution in [0.25, 0.3) is 0 Å². The zero-order chi connectivity index (χ0) is 14.1. The molecule has 1 fully saturated rings. The SMILES string of the molecule is Cc1sc(C(=O)N(Cc2cccnc2)C2CC2)cc1N. The van der Waals surface area contributed by atoms with Crippen LogP contribution in [0.5, 0.6) is 0 Å². The van der Waals surface area contributed by atoms with E-state index >= 15 is 0 Å². The second-order valence-corrected chi connectivity index (χ2v) is 6.40. The summed E-state index contributed by atoms with van der Waals surface area (Å²) in [7, 11) is 0. The molecular formula is C15H17N3OS. The first-order valence-electron chi connectivity index (χ1n) is 6.71. The van der Waals surface area contributed by atoms with E-state index in [1.165, 1.54) is 11.3 Å². The van der Waals surface area contributed by atoms with E-state index in [1.807, 2.05) is 30.2 Å². The number of aryl methyl sites for hydroxylation is 1. The van der Waals surface area contributed by atoms with Gasteiger partial charge in [0.2, 0.25) is 0 Å². The summed E-state index contributed by atoms with van der Waals surface area (Å²) in [5, 5.41) is 0. The lowest BCUT2D eigenvalue weighted by Crippen LogP contribution is -2.32. The quantitative estimate of drug-likeness (QED) is 0.940. The lowest BCUT2D eigenvalue weighted by atomic mass is 10.2. The van der Waals surface area contributed by atoms with Crippen LogP contribution >= 0.6 is 11.3 Å². The first kappa shape index (κ1) is 13.1. The molecule has 2 heterocycles. The Bertz CT molecular complexity index is 600. The Labute approximate surface area is 122 Å². The Morgan fingerprint density at radius 1 is 1.55 bits per heavy atom. The highest BCUT2D eigenvalue weighted by atomic mass is 32.1. The molecule has 2 N–H and O–H groups in total. The van der Waals surface area contributed by atoms with Crippen molar-refractivity contribution in [1.82, 2.24) is 9.88 Å². The normalized spacial score (nSPS) is 14.2. The summed E-state index contributed by atoms with van der Waals surface area (Å²) < 4.78 is 0. The molecule has 104 valence electrons. The maximum atomic E-state index is 12.7. The van der Waals surface area contributed by atoms with Crippen molar-refractivity contribution >= 4 is 22.9 Å². The van der Waals surface area contributed by atoms with Gasteiger partial charge < -0.3 is 10.6 Å². The van der Waals surface area contributed by atoms with Crippen molar-refractivity contribution in [1.29, 1.82) is 0 Å². The van der Waals surface area contributed by atoms with Crippen LogP contribution in [0.2, 0.25) is 0 Å². The van der Waals surface area contributed by atoms with Gasteiger partial charge in [-0.3, -0.25) is 9.78 Å². The standard InChI is InChI=1S/C15H17N3OS/c1-10-13(16)7-14(20-10)15(19)18(12-4-5-12)9-11-3-2-6-17-8-11/h2-3,6-8,12H,4-5,9,16H2,1H3. The Morgan fingerprint density at radius 2 is 2.35 bits per heavy atom. The van der Waals surface area contributed by atoms with Crippen LogP contribution in [0.3, 0.4) is 0 Å². The monoisotopic (exact) mass is 287 g/mol. The molecule has 0 unspecified atom stereocenters. The zero-order valence-corrected chi connectivity index (χ0v) is 12.2. The van der Waals surface area contributed by atoms with Gasteiger partial charge in [0.15, 0.2) is 0 Å². The number of carbonyl (C=O) groups excluding carboxylic acids is 1. The Hall–Kier alpha value is -1.88. The third-order valence-corrected chi connectivity index (χ3v) is 4.55. The van der Waals surface area contributed by atoms with Crippen LogP contribution in [-0.2, 0) is 6.54 Å². The van der Waals surface area contributed by atoms with Gasteiger partial charge in [0.25, 0.3) is 5.91 Å². The molecule has 0 atom stereocenters. The summed E-state index contributed by atoms with van der Waals surface area (Å²) in [4.78, 5) is 20.5. The van der Waals surface area contributed by atoms with E-state index in [1.54, 1.807) is 12.3 Å². The van der Waals surface area contributed by atoms with Crippen molar-refractivity contribution in [3.05, 3.63) is 45.9 Å². The molecule has 0 saturated heterocycles. The maximum absolute atomic E-state index is 12.7. The number of nitrogen functional groups attached to an aromatic ring is 1. The first-order valence-corrected chi connectivity index (χ1v) is 7.52. The van der Waals surface area contributed by atoms with Gasteiger partial charge in [-0.15, -0.1) is 11.3 Å². The molecule has 5 heteroatoms. The van der Waals surface area contributed by atoms with Crippen LogP contribution in [-0.4, -0.2) is 21.8 Å². The van der Waals surface area contributed by atoms with Crippen molar-refractivity contribution in [2.24, 2.45) is 0 Å². The van der Waals surface area contributed by atoms with E-state index in [4.69, 9.17) is 5.73 Å². The van der Waals surface area contributed by atoms with Crippen molar-refractivity contribution in [3.63, 3.8) is 0 Å². The highest BCUT2D eigenvalue weighted by Crippen LogP contribution is 2.32. The van der Waals surface area contributed by atoms with E-state index < -0.39 is 0 Å². The van der Waals surface area contributed by atoms with Crippen LogP contribution in [0, 0.1) is 6.92 Å². The van der Waals surface area contributed by atoms with Gasteiger partial charge in [-0.2, -0.15) is 0 Å². The summed E-state index contributed by atoms with van der Waals surface area (Å²) >= 11 is 1.47. The highest BCUT2D eigenvalue weighted by molar-refractivity contribution is 7.14.